The summed E-state index contributed by atoms with van der Waals surface area (Å²) in [6.45, 7) is 14.9. The molecule has 1 saturated heterocycles. The summed E-state index contributed by atoms with van der Waals surface area (Å²) in [6.07, 6.45) is 3.12. The highest BCUT2D eigenvalue weighted by Crippen LogP contribution is 2.25. The minimum Gasteiger partial charge on any atom is -0.392 e. The van der Waals surface area contributed by atoms with Crippen LogP contribution in [0.15, 0.2) is 0 Å². The number of aliphatic hydroxyl groups excluding tert-OH is 1. The third-order valence-corrected chi connectivity index (χ3v) is 5.13. The molecular formula is C18H37N3O2. The van der Waals surface area contributed by atoms with E-state index in [0.29, 0.717) is 6.54 Å². The number of rotatable bonds is 8. The highest BCUT2D eigenvalue weighted by molar-refractivity contribution is 5.73. The molecule has 0 aromatic heterocycles. The largest absolute Gasteiger partial charge is 0.392 e. The van der Waals surface area contributed by atoms with Gasteiger partial charge in [-0.3, -0.25) is 0 Å². The lowest BCUT2D eigenvalue weighted by Gasteiger charge is -2.33. The molecule has 0 spiro atoms. The van der Waals surface area contributed by atoms with Crippen molar-refractivity contribution < 1.29 is 9.90 Å². The second-order valence-electron chi connectivity index (χ2n) is 7.95. The van der Waals surface area contributed by atoms with Gasteiger partial charge in [0.25, 0.3) is 0 Å². The zero-order valence-electron chi connectivity index (χ0n) is 15.7. The summed E-state index contributed by atoms with van der Waals surface area (Å²) in [5.41, 5.74) is -0.321. The molecule has 0 saturated carbocycles. The Morgan fingerprint density at radius 3 is 2.39 bits per heavy atom. The molecular weight excluding hydrogens is 290 g/mol. The Balaban J connectivity index is 2.17. The Kier molecular flexibility index (Phi) is 8.34. The van der Waals surface area contributed by atoms with Gasteiger partial charge in [-0.25, -0.2) is 4.79 Å². The number of hydrogen-bond acceptors (Lipinski definition) is 3. The molecule has 5 heteroatoms. The van der Waals surface area contributed by atoms with Crippen molar-refractivity contribution in [1.29, 1.82) is 0 Å². The molecule has 0 aromatic rings. The molecule has 0 aromatic carbocycles. The minimum absolute atomic E-state index is 0.125. The van der Waals surface area contributed by atoms with E-state index in [-0.39, 0.29) is 17.4 Å². The predicted octanol–water partition coefficient (Wildman–Crippen LogP) is 2.45. The lowest BCUT2D eigenvalue weighted by molar-refractivity contribution is 0.0151. The Bertz CT molecular complexity index is 350. The van der Waals surface area contributed by atoms with Gasteiger partial charge in [0.15, 0.2) is 0 Å². The summed E-state index contributed by atoms with van der Waals surface area (Å²) >= 11 is 0. The van der Waals surface area contributed by atoms with E-state index in [0.717, 1.165) is 25.4 Å². The number of aliphatic hydroxyl groups is 1. The molecule has 1 aliphatic heterocycles. The van der Waals surface area contributed by atoms with Gasteiger partial charge in [-0.2, -0.15) is 0 Å². The smallest absolute Gasteiger partial charge is 0.314 e. The van der Waals surface area contributed by atoms with Gasteiger partial charge < -0.3 is 20.6 Å². The van der Waals surface area contributed by atoms with E-state index in [1.54, 1.807) is 0 Å². The number of urea groups is 1. The molecule has 0 radical (unpaired) electrons. The van der Waals surface area contributed by atoms with Gasteiger partial charge in [-0.1, -0.05) is 34.6 Å². The fourth-order valence-electron chi connectivity index (χ4n) is 3.36. The fraction of sp³-hybridized carbons (Fsp3) is 0.944. The number of nitrogens with one attached hydrogen (secondary N) is 2. The quantitative estimate of drug-likeness (QED) is 0.641. The van der Waals surface area contributed by atoms with Crippen LogP contribution in [0.4, 0.5) is 4.79 Å². The lowest BCUT2D eigenvalue weighted by Crippen LogP contribution is -2.46. The van der Waals surface area contributed by atoms with Gasteiger partial charge in [0, 0.05) is 18.5 Å². The van der Waals surface area contributed by atoms with Crippen molar-refractivity contribution in [2.45, 2.75) is 60.0 Å². The van der Waals surface area contributed by atoms with E-state index in [1.807, 2.05) is 27.7 Å². The van der Waals surface area contributed by atoms with Crippen LogP contribution in [0.5, 0.6) is 0 Å². The molecule has 1 heterocycles. The molecule has 23 heavy (non-hydrogen) atoms. The van der Waals surface area contributed by atoms with Crippen LogP contribution in [-0.4, -0.2) is 54.9 Å². The zero-order chi connectivity index (χ0) is 17.5. The van der Waals surface area contributed by atoms with Crippen molar-refractivity contribution in [2.24, 2.45) is 17.3 Å². The van der Waals surface area contributed by atoms with E-state index in [9.17, 15) is 9.90 Å². The zero-order valence-corrected chi connectivity index (χ0v) is 15.7. The maximum atomic E-state index is 11.9. The maximum absolute atomic E-state index is 11.9. The van der Waals surface area contributed by atoms with Crippen LogP contribution in [0.1, 0.15) is 53.9 Å². The average molecular weight is 328 g/mol. The number of hydrogen-bond donors (Lipinski definition) is 3. The number of nitrogens with zero attached hydrogens (tertiary/aromatic N) is 1. The molecule has 1 rings (SSSR count). The van der Waals surface area contributed by atoms with Crippen molar-refractivity contribution in [3.63, 3.8) is 0 Å². The number of amides is 2. The minimum atomic E-state index is -0.424. The van der Waals surface area contributed by atoms with E-state index >= 15 is 0 Å². The molecule has 1 aliphatic rings. The van der Waals surface area contributed by atoms with Crippen LogP contribution < -0.4 is 10.6 Å². The third-order valence-electron chi connectivity index (χ3n) is 5.13. The molecule has 1 atom stereocenters. The van der Waals surface area contributed by atoms with E-state index < -0.39 is 6.10 Å². The summed E-state index contributed by atoms with van der Waals surface area (Å²) in [7, 11) is 0. The first kappa shape index (κ1) is 20.2. The normalized spacial score (nSPS) is 18.9. The number of likely N-dealkylation sites (tertiary alicyclic amines) is 1. The molecule has 1 fully saturated rings. The maximum Gasteiger partial charge on any atom is 0.314 e. The van der Waals surface area contributed by atoms with Crippen LogP contribution in [0, 0.1) is 17.3 Å². The van der Waals surface area contributed by atoms with Crippen LogP contribution >= 0.6 is 0 Å². The SMILES string of the molecule is CCN1CCC(CCNC(=O)NCC(C)(C)C(O)C(C)C)CC1. The van der Waals surface area contributed by atoms with E-state index in [2.05, 4.69) is 22.5 Å². The van der Waals surface area contributed by atoms with Crippen molar-refractivity contribution in [3.8, 4) is 0 Å². The number of piperidine rings is 1. The first-order valence-electron chi connectivity index (χ1n) is 9.18. The Labute approximate surface area is 142 Å². The highest BCUT2D eigenvalue weighted by Gasteiger charge is 2.30. The van der Waals surface area contributed by atoms with Gasteiger partial charge >= 0.3 is 6.03 Å². The molecule has 3 N–H and O–H groups in total. The number of carbonyl (C=O) groups excluding carboxylic acids is 1. The lowest BCUT2D eigenvalue weighted by atomic mass is 9.81. The van der Waals surface area contributed by atoms with Crippen molar-refractivity contribution in [1.82, 2.24) is 15.5 Å². The summed E-state index contributed by atoms with van der Waals surface area (Å²) < 4.78 is 0. The molecule has 0 aliphatic carbocycles. The highest BCUT2D eigenvalue weighted by atomic mass is 16.3. The molecule has 136 valence electrons. The van der Waals surface area contributed by atoms with Crippen LogP contribution in [0.25, 0.3) is 0 Å². The summed E-state index contributed by atoms with van der Waals surface area (Å²) in [4.78, 5) is 14.4. The standard InChI is InChI=1S/C18H37N3O2/c1-6-21-11-8-15(9-12-21)7-10-19-17(23)20-13-18(4,5)16(22)14(2)3/h14-16,22H,6-13H2,1-5H3,(H2,19,20,23). The van der Waals surface area contributed by atoms with E-state index in [1.165, 1.54) is 25.9 Å². The van der Waals surface area contributed by atoms with Gasteiger partial charge in [-0.15, -0.1) is 0 Å². The molecule has 5 nitrogen and oxygen atoms in total. The van der Waals surface area contributed by atoms with Crippen molar-refractivity contribution in [3.05, 3.63) is 0 Å². The first-order valence-corrected chi connectivity index (χ1v) is 9.18. The number of carbonyl (C=O) groups is 1. The molecule has 2 amide bonds. The van der Waals surface area contributed by atoms with Gasteiger partial charge in [0.05, 0.1) is 6.10 Å². The van der Waals surface area contributed by atoms with Gasteiger partial charge in [0.2, 0.25) is 0 Å². The van der Waals surface area contributed by atoms with Crippen molar-refractivity contribution >= 4 is 6.03 Å². The Morgan fingerprint density at radius 2 is 1.87 bits per heavy atom. The van der Waals surface area contributed by atoms with Gasteiger partial charge in [0.1, 0.15) is 0 Å². The average Bonchev–Trinajstić information content (AvgIpc) is 2.53. The Morgan fingerprint density at radius 1 is 1.26 bits per heavy atom. The topological polar surface area (TPSA) is 64.6 Å². The van der Waals surface area contributed by atoms with Crippen LogP contribution in [-0.2, 0) is 0 Å². The van der Waals surface area contributed by atoms with E-state index in [4.69, 9.17) is 0 Å². The third kappa shape index (κ3) is 7.08. The summed E-state index contributed by atoms with van der Waals surface area (Å²) in [5, 5.41) is 16.0. The fourth-order valence-corrected chi connectivity index (χ4v) is 3.36. The first-order chi connectivity index (χ1) is 10.8. The molecule has 0 bridgehead atoms. The summed E-state index contributed by atoms with van der Waals surface area (Å²) in [6, 6.07) is -0.125. The predicted molar refractivity (Wildman–Crippen MR) is 95.5 cm³/mol. The molecule has 1 unspecified atom stereocenters. The Hall–Kier alpha value is -0.810. The van der Waals surface area contributed by atoms with Gasteiger partial charge in [-0.05, 0) is 50.7 Å². The second kappa shape index (κ2) is 9.48. The van der Waals surface area contributed by atoms with Crippen molar-refractivity contribution in [2.75, 3.05) is 32.7 Å². The second-order valence-corrected chi connectivity index (χ2v) is 7.95. The van der Waals surface area contributed by atoms with Crippen LogP contribution in [0.3, 0.4) is 0 Å². The monoisotopic (exact) mass is 327 g/mol. The van der Waals surface area contributed by atoms with Crippen LogP contribution in [0.2, 0.25) is 0 Å². The summed E-state index contributed by atoms with van der Waals surface area (Å²) in [5.74, 6) is 0.918.